The lowest BCUT2D eigenvalue weighted by atomic mass is 9.78. The molecule has 1 aromatic heterocycles. The van der Waals surface area contributed by atoms with E-state index >= 15 is 0 Å². The second-order valence-corrected chi connectivity index (χ2v) is 8.39. The summed E-state index contributed by atoms with van der Waals surface area (Å²) in [6.07, 6.45) is -1.80. The van der Waals surface area contributed by atoms with E-state index in [4.69, 9.17) is 16.6 Å². The molecule has 5 rings (SSSR count). The van der Waals surface area contributed by atoms with Crippen molar-refractivity contribution in [3.63, 3.8) is 0 Å². The first kappa shape index (κ1) is 21.5. The normalized spacial score (nSPS) is 15.0. The van der Waals surface area contributed by atoms with Crippen molar-refractivity contribution in [1.29, 1.82) is 0 Å². The average Bonchev–Trinajstić information content (AvgIpc) is 2.82. The number of nitrogens with zero attached hydrogens (tertiary/aromatic N) is 2. The molecule has 0 radical (unpaired) electrons. The number of benzene rings is 3. The largest absolute Gasteiger partial charge is 0.416 e. The van der Waals surface area contributed by atoms with Gasteiger partial charge in [-0.1, -0.05) is 66.2 Å². The van der Waals surface area contributed by atoms with Crippen LogP contribution >= 0.6 is 11.6 Å². The van der Waals surface area contributed by atoms with Crippen LogP contribution in [-0.2, 0) is 19.1 Å². The number of halogens is 4. The number of anilines is 1. The van der Waals surface area contributed by atoms with Crippen LogP contribution in [0.2, 0.25) is 5.02 Å². The number of aromatic nitrogens is 2. The van der Waals surface area contributed by atoms with Gasteiger partial charge >= 0.3 is 6.18 Å². The van der Waals surface area contributed by atoms with Crippen molar-refractivity contribution in [2.45, 2.75) is 25.1 Å². The molecule has 0 saturated carbocycles. The van der Waals surface area contributed by atoms with Crippen LogP contribution < -0.4 is 5.32 Å². The number of hydrogen-bond donors (Lipinski definition) is 1. The highest BCUT2D eigenvalue weighted by Gasteiger charge is 2.30. The first-order valence-corrected chi connectivity index (χ1v) is 10.9. The van der Waals surface area contributed by atoms with Gasteiger partial charge in [0.2, 0.25) is 5.95 Å². The predicted octanol–water partition coefficient (Wildman–Crippen LogP) is 7.12. The minimum Gasteiger partial charge on any atom is -0.350 e. The standard InChI is InChI=1S/C26H19ClF3N3/c27-23-8-4-3-6-20(23)22-13-17-15-32-25(33-24(17)21-7-2-1-5-19(21)22)31-14-16-9-11-18(12-10-16)26(28,29)30/h1-12,15,22H,13-14H2,(H,31,32,33). The average molecular weight is 466 g/mol. The van der Waals surface area contributed by atoms with E-state index in [2.05, 4.69) is 22.4 Å². The molecule has 3 aromatic carbocycles. The molecule has 3 nitrogen and oxygen atoms in total. The maximum atomic E-state index is 12.8. The van der Waals surface area contributed by atoms with Gasteiger partial charge in [-0.25, -0.2) is 9.97 Å². The summed E-state index contributed by atoms with van der Waals surface area (Å²) in [7, 11) is 0. The van der Waals surface area contributed by atoms with Gasteiger partial charge in [-0.05, 0) is 46.9 Å². The van der Waals surface area contributed by atoms with E-state index in [1.807, 2.05) is 42.6 Å². The first-order valence-electron chi connectivity index (χ1n) is 10.5. The Kier molecular flexibility index (Phi) is 5.54. The molecule has 0 saturated heterocycles. The number of rotatable bonds is 4. The lowest BCUT2D eigenvalue weighted by molar-refractivity contribution is -0.137. The minimum absolute atomic E-state index is 0.108. The van der Waals surface area contributed by atoms with Gasteiger partial charge in [-0.15, -0.1) is 0 Å². The van der Waals surface area contributed by atoms with Crippen molar-refractivity contribution in [1.82, 2.24) is 9.97 Å². The van der Waals surface area contributed by atoms with Crippen molar-refractivity contribution >= 4 is 17.5 Å². The zero-order chi connectivity index (χ0) is 23.0. The number of alkyl halides is 3. The Balaban J connectivity index is 1.41. The van der Waals surface area contributed by atoms with Gasteiger partial charge < -0.3 is 5.32 Å². The summed E-state index contributed by atoms with van der Waals surface area (Å²) in [6.45, 7) is 0.320. The number of hydrogen-bond acceptors (Lipinski definition) is 3. The van der Waals surface area contributed by atoms with E-state index in [0.29, 0.717) is 18.1 Å². The third-order valence-corrected chi connectivity index (χ3v) is 6.24. The fourth-order valence-corrected chi connectivity index (χ4v) is 4.52. The molecular formula is C26H19ClF3N3. The summed E-state index contributed by atoms with van der Waals surface area (Å²) in [6, 6.07) is 21.1. The summed E-state index contributed by atoms with van der Waals surface area (Å²) in [5.74, 6) is 0.539. The third kappa shape index (κ3) is 4.31. The van der Waals surface area contributed by atoms with Crippen molar-refractivity contribution in [2.75, 3.05) is 5.32 Å². The maximum Gasteiger partial charge on any atom is 0.416 e. The molecule has 1 aliphatic carbocycles. The molecule has 0 amide bonds. The molecule has 1 unspecified atom stereocenters. The second-order valence-electron chi connectivity index (χ2n) is 7.98. The van der Waals surface area contributed by atoms with Gasteiger partial charge in [0.1, 0.15) is 0 Å². The summed E-state index contributed by atoms with van der Waals surface area (Å²) in [4.78, 5) is 9.19. The SMILES string of the molecule is FC(F)(F)c1ccc(CNc2ncc3c(n2)-c2ccccc2C(c2ccccc2Cl)C3)cc1. The third-order valence-electron chi connectivity index (χ3n) is 5.89. The number of nitrogens with one attached hydrogen (secondary N) is 1. The monoisotopic (exact) mass is 465 g/mol. The zero-order valence-electron chi connectivity index (χ0n) is 17.4. The molecule has 1 N–H and O–H groups in total. The van der Waals surface area contributed by atoms with Crippen LogP contribution in [0.1, 0.15) is 33.7 Å². The molecule has 1 aliphatic rings. The summed E-state index contributed by atoms with van der Waals surface area (Å²) >= 11 is 6.51. The molecule has 4 aromatic rings. The fourth-order valence-electron chi connectivity index (χ4n) is 4.25. The van der Waals surface area contributed by atoms with Crippen LogP contribution in [0, 0.1) is 0 Å². The summed E-state index contributed by atoms with van der Waals surface area (Å²) in [5, 5.41) is 3.86. The fraction of sp³-hybridized carbons (Fsp3) is 0.154. The lowest BCUT2D eigenvalue weighted by Gasteiger charge is -2.28. The maximum absolute atomic E-state index is 12.8. The molecule has 1 atom stereocenters. The van der Waals surface area contributed by atoms with E-state index < -0.39 is 11.7 Å². The highest BCUT2D eigenvalue weighted by atomic mass is 35.5. The Hall–Kier alpha value is -3.38. The van der Waals surface area contributed by atoms with Crippen molar-refractivity contribution < 1.29 is 13.2 Å². The van der Waals surface area contributed by atoms with E-state index in [-0.39, 0.29) is 5.92 Å². The Morgan fingerprint density at radius 2 is 1.61 bits per heavy atom. The first-order chi connectivity index (χ1) is 15.9. The van der Waals surface area contributed by atoms with Crippen LogP contribution in [0.4, 0.5) is 19.1 Å². The van der Waals surface area contributed by atoms with Crippen molar-refractivity contribution in [3.8, 4) is 11.3 Å². The summed E-state index contributed by atoms with van der Waals surface area (Å²) < 4.78 is 38.3. The van der Waals surface area contributed by atoms with Crippen LogP contribution in [0.15, 0.2) is 79.0 Å². The zero-order valence-corrected chi connectivity index (χ0v) is 18.2. The smallest absolute Gasteiger partial charge is 0.350 e. The van der Waals surface area contributed by atoms with E-state index in [1.165, 1.54) is 12.1 Å². The van der Waals surface area contributed by atoms with Crippen molar-refractivity contribution in [3.05, 3.63) is 112 Å². The molecule has 0 fully saturated rings. The van der Waals surface area contributed by atoms with Crippen LogP contribution in [0.5, 0.6) is 0 Å². The van der Waals surface area contributed by atoms with Gasteiger partial charge in [0, 0.05) is 29.2 Å². The highest BCUT2D eigenvalue weighted by molar-refractivity contribution is 6.31. The topological polar surface area (TPSA) is 37.8 Å². The predicted molar refractivity (Wildman–Crippen MR) is 123 cm³/mol. The quantitative estimate of drug-likeness (QED) is 0.349. The van der Waals surface area contributed by atoms with E-state index in [0.717, 1.165) is 51.5 Å². The van der Waals surface area contributed by atoms with Gasteiger partial charge in [0.15, 0.2) is 0 Å². The van der Waals surface area contributed by atoms with Crippen LogP contribution in [-0.4, -0.2) is 9.97 Å². The molecule has 0 aliphatic heterocycles. The molecule has 1 heterocycles. The second kappa shape index (κ2) is 8.52. The van der Waals surface area contributed by atoms with Gasteiger partial charge in [-0.2, -0.15) is 13.2 Å². The Labute approximate surface area is 194 Å². The van der Waals surface area contributed by atoms with Crippen molar-refractivity contribution in [2.24, 2.45) is 0 Å². The Morgan fingerprint density at radius 3 is 2.33 bits per heavy atom. The molecule has 33 heavy (non-hydrogen) atoms. The van der Waals surface area contributed by atoms with Gasteiger partial charge in [0.25, 0.3) is 0 Å². The van der Waals surface area contributed by atoms with E-state index in [9.17, 15) is 13.2 Å². The Bertz CT molecular complexity index is 1300. The Morgan fingerprint density at radius 1 is 0.909 bits per heavy atom. The summed E-state index contributed by atoms with van der Waals surface area (Å²) in [5.41, 5.74) is 5.19. The molecule has 0 spiro atoms. The minimum atomic E-state index is -4.34. The number of fused-ring (bicyclic) bond motifs is 3. The van der Waals surface area contributed by atoms with Gasteiger partial charge in [-0.3, -0.25) is 0 Å². The van der Waals surface area contributed by atoms with E-state index in [1.54, 1.807) is 0 Å². The van der Waals surface area contributed by atoms with Crippen LogP contribution in [0.25, 0.3) is 11.3 Å². The van der Waals surface area contributed by atoms with Crippen LogP contribution in [0.3, 0.4) is 0 Å². The highest BCUT2D eigenvalue weighted by Crippen LogP contribution is 2.43. The lowest BCUT2D eigenvalue weighted by Crippen LogP contribution is -2.15. The molecule has 0 bridgehead atoms. The molecule has 166 valence electrons. The molecule has 7 heteroatoms. The van der Waals surface area contributed by atoms with Gasteiger partial charge in [0.05, 0.1) is 11.3 Å². The molecular weight excluding hydrogens is 447 g/mol.